The van der Waals surface area contributed by atoms with E-state index in [1.807, 2.05) is 0 Å². The number of rotatable bonds is 0. The van der Waals surface area contributed by atoms with E-state index in [2.05, 4.69) is 0 Å². The first kappa shape index (κ1) is 8.86. The summed E-state index contributed by atoms with van der Waals surface area (Å²) in [5.74, 6) is 0. The fourth-order valence-corrected chi connectivity index (χ4v) is 0. The van der Waals surface area contributed by atoms with Crippen LogP contribution in [0.4, 0.5) is 0 Å². The quantitative estimate of drug-likeness (QED) is 0.547. The molecule has 4 heavy (non-hydrogen) atoms. The molecule has 0 N–H and O–H groups in total. The molecule has 0 aliphatic heterocycles. The van der Waals surface area contributed by atoms with Crippen molar-refractivity contribution >= 4 is 0 Å². The second-order valence-electron chi connectivity index (χ2n) is 0. The van der Waals surface area contributed by atoms with Crippen LogP contribution in [-0.4, -0.2) is 0 Å². The molecule has 4 heteroatoms. The first-order valence-corrected chi connectivity index (χ1v) is 1.62. The molecule has 0 aromatic carbocycles. The third kappa shape index (κ3) is 13.1. The van der Waals surface area contributed by atoms with Crippen molar-refractivity contribution in [1.29, 1.82) is 0 Å². The molecule has 0 fully saturated rings. The molecule has 0 heterocycles. The molecule has 2 nitrogen and oxygen atoms in total. The second-order valence-corrected chi connectivity index (χ2v) is 0. The Balaban J connectivity index is 0. The monoisotopic (exact) mass is 240 g/mol. The van der Waals surface area contributed by atoms with Gasteiger partial charge in [-0.15, -0.1) is 0 Å². The Labute approximate surface area is 44.6 Å². The van der Waals surface area contributed by atoms with Gasteiger partial charge in [-0.2, -0.15) is 0 Å². The van der Waals surface area contributed by atoms with Crippen LogP contribution in [0.2, 0.25) is 0 Å². The summed E-state index contributed by atoms with van der Waals surface area (Å²) in [5.41, 5.74) is 0. The van der Waals surface area contributed by atoms with E-state index in [1.165, 1.54) is 19.2 Å². The molecule has 0 amide bonds. The van der Waals surface area contributed by atoms with Crippen LogP contribution in [0.3, 0.4) is 0 Å². The summed E-state index contributed by atoms with van der Waals surface area (Å²) >= 11 is 2.60. The van der Waals surface area contributed by atoms with Gasteiger partial charge in [-0.3, -0.25) is 0 Å². The van der Waals surface area contributed by atoms with Crippen molar-refractivity contribution in [3.8, 4) is 0 Å². The van der Waals surface area contributed by atoms with E-state index in [9.17, 15) is 0 Å². The van der Waals surface area contributed by atoms with Crippen LogP contribution in [0.25, 0.3) is 0 Å². The van der Waals surface area contributed by atoms with E-state index in [4.69, 9.17) is 7.04 Å². The number of hydrogen-bond acceptors (Lipinski definition) is 2. The Morgan fingerprint density at radius 1 is 1.25 bits per heavy atom. The molecular formula is O2PdRu. The molecule has 0 rings (SSSR count). The van der Waals surface area contributed by atoms with Crippen LogP contribution in [0.1, 0.15) is 0 Å². The van der Waals surface area contributed by atoms with Crippen LogP contribution >= 0.6 is 0 Å². The van der Waals surface area contributed by atoms with Gasteiger partial charge < -0.3 is 0 Å². The normalized spacial score (nSPS) is 2.75. The van der Waals surface area contributed by atoms with Crippen molar-refractivity contribution in [3.05, 3.63) is 0 Å². The van der Waals surface area contributed by atoms with Gasteiger partial charge in [-0.1, -0.05) is 0 Å². The molecule has 0 radical (unpaired) electrons. The van der Waals surface area contributed by atoms with Gasteiger partial charge in [0.05, 0.1) is 0 Å². The third-order valence-corrected chi connectivity index (χ3v) is 0. The van der Waals surface area contributed by atoms with Crippen LogP contribution < -0.4 is 0 Å². The molecule has 0 saturated carbocycles. The molecule has 0 spiro atoms. The SMILES string of the molecule is [O]=[Pd].[O]=[Ru]. The Kier molecular flexibility index (Phi) is 91.3. The standard InChI is InChI=1S/2O.Pd.Ru. The molecule has 0 bridgehead atoms. The Bertz CT molecular complexity index is 8.00. The second kappa shape index (κ2) is 41.2. The van der Waals surface area contributed by atoms with E-state index in [-0.39, 0.29) is 0 Å². The van der Waals surface area contributed by atoms with Crippen molar-refractivity contribution in [2.45, 2.75) is 0 Å². The van der Waals surface area contributed by atoms with Crippen LogP contribution in [0.5, 0.6) is 0 Å². The van der Waals surface area contributed by atoms with Gasteiger partial charge in [0.2, 0.25) is 0 Å². The van der Waals surface area contributed by atoms with Gasteiger partial charge in [-0.25, -0.2) is 0 Å². The van der Waals surface area contributed by atoms with Crippen molar-refractivity contribution in [2.75, 3.05) is 0 Å². The zero-order chi connectivity index (χ0) is 4.00. The average molecular weight is 239 g/mol. The van der Waals surface area contributed by atoms with Crippen LogP contribution in [0, 0.1) is 0 Å². The van der Waals surface area contributed by atoms with Gasteiger partial charge in [0, 0.05) is 0 Å². The minimum atomic E-state index is 1.10. The third-order valence-electron chi connectivity index (χ3n) is 0. The van der Waals surface area contributed by atoms with E-state index < -0.39 is 0 Å². The summed E-state index contributed by atoms with van der Waals surface area (Å²) in [6.07, 6.45) is 0. The van der Waals surface area contributed by atoms with Crippen molar-refractivity contribution < 1.29 is 44.5 Å². The van der Waals surface area contributed by atoms with Crippen molar-refractivity contribution in [1.82, 2.24) is 0 Å². The maximum absolute atomic E-state index is 8.18. The summed E-state index contributed by atoms with van der Waals surface area (Å²) in [6.45, 7) is 0. The predicted octanol–water partition coefficient (Wildman–Crippen LogP) is -0.243. The topological polar surface area (TPSA) is 34.1 Å². The van der Waals surface area contributed by atoms with Gasteiger partial charge in [-0.05, 0) is 0 Å². The Hall–Kier alpha value is 0.886. The summed E-state index contributed by atoms with van der Waals surface area (Å²) in [4.78, 5) is 0. The summed E-state index contributed by atoms with van der Waals surface area (Å²) < 4.78 is 16.3. The van der Waals surface area contributed by atoms with E-state index in [0.717, 1.165) is 18.3 Å². The van der Waals surface area contributed by atoms with E-state index in [1.54, 1.807) is 0 Å². The van der Waals surface area contributed by atoms with Gasteiger partial charge in [0.25, 0.3) is 0 Å². The fourth-order valence-electron chi connectivity index (χ4n) is 0. The van der Waals surface area contributed by atoms with Crippen LogP contribution in [-0.2, 0) is 44.5 Å². The first-order chi connectivity index (χ1) is 2.00. The Morgan fingerprint density at radius 3 is 1.25 bits per heavy atom. The molecule has 0 saturated heterocycles. The summed E-state index contributed by atoms with van der Waals surface area (Å²) in [5, 5.41) is 0. The molecule has 0 aromatic rings. The maximum atomic E-state index is 8.18. The Morgan fingerprint density at radius 2 is 1.25 bits per heavy atom. The molecule has 0 unspecified atom stereocenters. The molecule has 0 aromatic heterocycles. The zero-order valence-corrected chi connectivity index (χ0v) is 4.78. The fraction of sp³-hybridized carbons (Fsp3) is 0. The van der Waals surface area contributed by atoms with Crippen molar-refractivity contribution in [2.24, 2.45) is 0 Å². The van der Waals surface area contributed by atoms with Gasteiger partial charge >= 0.3 is 44.5 Å². The molecule has 30 valence electrons. The predicted molar refractivity (Wildman–Crippen MR) is 1.37 cm³/mol. The van der Waals surface area contributed by atoms with Gasteiger partial charge in [0.15, 0.2) is 0 Å². The zero-order valence-electron chi connectivity index (χ0n) is 1.49. The van der Waals surface area contributed by atoms with Gasteiger partial charge in [0.1, 0.15) is 0 Å². The van der Waals surface area contributed by atoms with E-state index >= 15 is 0 Å². The van der Waals surface area contributed by atoms with E-state index in [0.29, 0.717) is 0 Å². The molecular weight excluding hydrogens is 239 g/mol. The summed E-state index contributed by atoms with van der Waals surface area (Å²) in [6, 6.07) is 0. The average Bonchev–Trinajstić information content (AvgIpc) is 1.50. The van der Waals surface area contributed by atoms with Crippen LogP contribution in [0.15, 0.2) is 0 Å². The molecule has 0 aliphatic rings. The molecule has 0 aliphatic carbocycles. The summed E-state index contributed by atoms with van der Waals surface area (Å²) in [7, 11) is 0. The van der Waals surface area contributed by atoms with Crippen molar-refractivity contribution in [3.63, 3.8) is 0 Å². The minimum absolute atomic E-state index is 1.10. The number of hydrogen-bond donors (Lipinski definition) is 0. The molecule has 0 atom stereocenters. The first-order valence-electron chi connectivity index (χ1n) is 0.273.